The molecule has 1 aliphatic heterocycles. The van der Waals surface area contributed by atoms with Crippen molar-refractivity contribution in [3.05, 3.63) is 35.9 Å². The van der Waals surface area contributed by atoms with Crippen LogP contribution in [-0.4, -0.2) is 37.1 Å². The monoisotopic (exact) mass is 289 g/mol. The highest BCUT2D eigenvalue weighted by atomic mass is 16.5. The van der Waals surface area contributed by atoms with E-state index >= 15 is 0 Å². The van der Waals surface area contributed by atoms with Crippen molar-refractivity contribution in [2.75, 3.05) is 26.2 Å². The van der Waals surface area contributed by atoms with Crippen LogP contribution in [0.4, 0.5) is 0 Å². The lowest BCUT2D eigenvalue weighted by Gasteiger charge is -2.32. The molecule has 1 aromatic rings. The molecule has 21 heavy (non-hydrogen) atoms. The van der Waals surface area contributed by atoms with Crippen molar-refractivity contribution >= 4 is 5.97 Å². The summed E-state index contributed by atoms with van der Waals surface area (Å²) in [5.74, 6) is 0.623. The number of ether oxygens (including phenoxy) is 1. The summed E-state index contributed by atoms with van der Waals surface area (Å²) in [6.45, 7) is 7.67. The second-order valence-electron chi connectivity index (χ2n) is 5.99. The standard InChI is InChI=1S/C18H27NO2/c1-3-21-18(20)17-10-7-12-19(14-17)13-11-15(2)16-8-5-4-6-9-16/h4-6,8-9,15,17H,3,7,10-14H2,1-2H3/t15-,17-/m0/s1. The van der Waals surface area contributed by atoms with Gasteiger partial charge in [-0.15, -0.1) is 0 Å². The van der Waals surface area contributed by atoms with Crippen molar-refractivity contribution in [1.29, 1.82) is 0 Å². The third kappa shape index (κ3) is 4.85. The maximum absolute atomic E-state index is 11.9. The second kappa shape index (κ2) is 8.18. The summed E-state index contributed by atoms with van der Waals surface area (Å²) < 4.78 is 5.16. The number of carbonyl (C=O) groups is 1. The minimum Gasteiger partial charge on any atom is -0.466 e. The molecule has 0 aromatic heterocycles. The quantitative estimate of drug-likeness (QED) is 0.751. The van der Waals surface area contributed by atoms with Crippen LogP contribution in [0.3, 0.4) is 0 Å². The average molecular weight is 289 g/mol. The van der Waals surface area contributed by atoms with E-state index in [1.165, 1.54) is 5.56 Å². The van der Waals surface area contributed by atoms with Crippen LogP contribution in [-0.2, 0) is 9.53 Å². The van der Waals surface area contributed by atoms with E-state index in [4.69, 9.17) is 4.74 Å². The molecule has 0 saturated carbocycles. The zero-order valence-electron chi connectivity index (χ0n) is 13.3. The Hall–Kier alpha value is -1.35. The maximum atomic E-state index is 11.9. The Balaban J connectivity index is 1.79. The summed E-state index contributed by atoms with van der Waals surface area (Å²) in [4.78, 5) is 14.3. The Morgan fingerprint density at radius 3 is 2.86 bits per heavy atom. The van der Waals surface area contributed by atoms with Crippen molar-refractivity contribution < 1.29 is 9.53 Å². The fourth-order valence-electron chi connectivity index (χ4n) is 3.04. The molecule has 0 N–H and O–H groups in total. The van der Waals surface area contributed by atoms with Crippen LogP contribution in [0.5, 0.6) is 0 Å². The number of hydrogen-bond donors (Lipinski definition) is 0. The zero-order valence-corrected chi connectivity index (χ0v) is 13.3. The topological polar surface area (TPSA) is 29.5 Å². The lowest BCUT2D eigenvalue weighted by molar-refractivity contribution is -0.149. The highest BCUT2D eigenvalue weighted by Crippen LogP contribution is 2.22. The molecule has 116 valence electrons. The molecule has 2 atom stereocenters. The van der Waals surface area contributed by atoms with Crippen LogP contribution in [0.1, 0.15) is 44.6 Å². The molecule has 1 fully saturated rings. The Bertz CT molecular complexity index is 432. The number of nitrogens with zero attached hydrogens (tertiary/aromatic N) is 1. The summed E-state index contributed by atoms with van der Waals surface area (Å²) >= 11 is 0. The van der Waals surface area contributed by atoms with Gasteiger partial charge >= 0.3 is 5.97 Å². The van der Waals surface area contributed by atoms with E-state index in [-0.39, 0.29) is 11.9 Å². The largest absolute Gasteiger partial charge is 0.466 e. The van der Waals surface area contributed by atoms with E-state index < -0.39 is 0 Å². The number of benzene rings is 1. The van der Waals surface area contributed by atoms with Gasteiger partial charge in [0.1, 0.15) is 0 Å². The van der Waals surface area contributed by atoms with Crippen LogP contribution >= 0.6 is 0 Å². The van der Waals surface area contributed by atoms with Crippen LogP contribution < -0.4 is 0 Å². The lowest BCUT2D eigenvalue weighted by atomic mass is 9.95. The maximum Gasteiger partial charge on any atom is 0.310 e. The molecule has 0 amide bonds. The molecule has 0 unspecified atom stereocenters. The van der Waals surface area contributed by atoms with Crippen LogP contribution in [0, 0.1) is 5.92 Å². The molecule has 1 aromatic carbocycles. The van der Waals surface area contributed by atoms with Crippen molar-refractivity contribution in [2.45, 2.75) is 39.0 Å². The first-order valence-corrected chi connectivity index (χ1v) is 8.14. The summed E-state index contributed by atoms with van der Waals surface area (Å²) in [7, 11) is 0. The Morgan fingerprint density at radius 2 is 2.14 bits per heavy atom. The van der Waals surface area contributed by atoms with Gasteiger partial charge in [-0.05, 0) is 50.8 Å². The van der Waals surface area contributed by atoms with Gasteiger partial charge in [-0.3, -0.25) is 4.79 Å². The van der Waals surface area contributed by atoms with Crippen molar-refractivity contribution in [2.24, 2.45) is 5.92 Å². The van der Waals surface area contributed by atoms with E-state index in [1.54, 1.807) is 0 Å². The van der Waals surface area contributed by atoms with Gasteiger partial charge in [0, 0.05) is 6.54 Å². The third-order valence-corrected chi connectivity index (χ3v) is 4.37. The molecule has 0 aliphatic carbocycles. The van der Waals surface area contributed by atoms with Gasteiger partial charge in [0.15, 0.2) is 0 Å². The number of esters is 1. The summed E-state index contributed by atoms with van der Waals surface area (Å²) in [5, 5.41) is 0. The van der Waals surface area contributed by atoms with Crippen molar-refractivity contribution in [3.63, 3.8) is 0 Å². The van der Waals surface area contributed by atoms with Crippen LogP contribution in [0.25, 0.3) is 0 Å². The Kier molecular flexibility index (Phi) is 6.24. The fraction of sp³-hybridized carbons (Fsp3) is 0.611. The fourth-order valence-corrected chi connectivity index (χ4v) is 3.04. The minimum absolute atomic E-state index is 0.0155. The van der Waals surface area contributed by atoms with Gasteiger partial charge < -0.3 is 9.64 Å². The first-order valence-electron chi connectivity index (χ1n) is 8.14. The number of piperidine rings is 1. The summed E-state index contributed by atoms with van der Waals surface area (Å²) in [5.41, 5.74) is 1.40. The van der Waals surface area contributed by atoms with Crippen LogP contribution in [0.15, 0.2) is 30.3 Å². The molecule has 3 heteroatoms. The summed E-state index contributed by atoms with van der Waals surface area (Å²) in [6.07, 6.45) is 3.21. The molecule has 1 aliphatic rings. The molecule has 1 saturated heterocycles. The first kappa shape index (κ1) is 16.0. The normalized spacial score (nSPS) is 21.0. The van der Waals surface area contributed by atoms with E-state index in [0.717, 1.165) is 38.9 Å². The van der Waals surface area contributed by atoms with E-state index in [9.17, 15) is 4.79 Å². The Morgan fingerprint density at radius 1 is 1.38 bits per heavy atom. The minimum atomic E-state index is -0.0155. The number of likely N-dealkylation sites (tertiary alicyclic amines) is 1. The predicted molar refractivity (Wildman–Crippen MR) is 85.3 cm³/mol. The number of carbonyl (C=O) groups excluding carboxylic acids is 1. The van der Waals surface area contributed by atoms with Gasteiger partial charge in [0.05, 0.1) is 12.5 Å². The highest BCUT2D eigenvalue weighted by molar-refractivity contribution is 5.72. The molecule has 0 radical (unpaired) electrons. The Labute approximate surface area is 128 Å². The predicted octanol–water partition coefficient (Wildman–Crippen LogP) is 3.46. The SMILES string of the molecule is CCOC(=O)[C@H]1CCCN(CC[C@H](C)c2ccccc2)C1. The lowest BCUT2D eigenvalue weighted by Crippen LogP contribution is -2.40. The molecule has 0 bridgehead atoms. The second-order valence-corrected chi connectivity index (χ2v) is 5.99. The van der Waals surface area contributed by atoms with Gasteiger partial charge in [-0.25, -0.2) is 0 Å². The van der Waals surface area contributed by atoms with Gasteiger partial charge in [-0.1, -0.05) is 37.3 Å². The van der Waals surface area contributed by atoms with E-state index in [1.807, 2.05) is 6.92 Å². The summed E-state index contributed by atoms with van der Waals surface area (Å²) in [6, 6.07) is 10.7. The van der Waals surface area contributed by atoms with Crippen molar-refractivity contribution in [3.8, 4) is 0 Å². The van der Waals surface area contributed by atoms with Gasteiger partial charge in [0.25, 0.3) is 0 Å². The molecule has 0 spiro atoms. The van der Waals surface area contributed by atoms with E-state index in [2.05, 4.69) is 42.2 Å². The zero-order chi connectivity index (χ0) is 15.1. The van der Waals surface area contributed by atoms with Crippen LogP contribution in [0.2, 0.25) is 0 Å². The molecule has 2 rings (SSSR count). The highest BCUT2D eigenvalue weighted by Gasteiger charge is 2.26. The molecular weight excluding hydrogens is 262 g/mol. The third-order valence-electron chi connectivity index (χ3n) is 4.37. The molecule has 3 nitrogen and oxygen atoms in total. The van der Waals surface area contributed by atoms with Gasteiger partial charge in [0.2, 0.25) is 0 Å². The molecular formula is C18H27NO2. The smallest absolute Gasteiger partial charge is 0.310 e. The molecule has 1 heterocycles. The number of rotatable bonds is 6. The van der Waals surface area contributed by atoms with Crippen molar-refractivity contribution in [1.82, 2.24) is 4.90 Å². The van der Waals surface area contributed by atoms with E-state index in [0.29, 0.717) is 12.5 Å². The van der Waals surface area contributed by atoms with Gasteiger partial charge in [-0.2, -0.15) is 0 Å². The first-order chi connectivity index (χ1) is 10.2. The number of hydrogen-bond acceptors (Lipinski definition) is 3. The average Bonchev–Trinajstić information content (AvgIpc) is 2.54.